The van der Waals surface area contributed by atoms with Crippen molar-refractivity contribution < 1.29 is 9.47 Å². The Bertz CT molecular complexity index is 178. The average molecular weight is 186 g/mol. The highest BCUT2D eigenvalue weighted by Gasteiger charge is 2.42. The third kappa shape index (κ3) is 1.86. The number of nitrogens with zero attached hydrogens (tertiary/aromatic N) is 1. The fraction of sp³-hybridized carbons (Fsp3) is 1.00. The largest absolute Gasteiger partial charge is 0.347 e. The van der Waals surface area contributed by atoms with Gasteiger partial charge in [-0.25, -0.2) is 0 Å². The lowest BCUT2D eigenvalue weighted by atomic mass is 10.0. The molecule has 1 unspecified atom stereocenters. The molecule has 4 nitrogen and oxygen atoms in total. The molecule has 0 amide bonds. The van der Waals surface area contributed by atoms with Gasteiger partial charge in [-0.15, -0.1) is 0 Å². The minimum atomic E-state index is -0.295. The third-order valence-electron chi connectivity index (χ3n) is 2.93. The molecule has 4 heteroatoms. The highest BCUT2D eigenvalue weighted by molar-refractivity contribution is 4.84. The van der Waals surface area contributed by atoms with E-state index < -0.39 is 0 Å². The molecular weight excluding hydrogens is 168 g/mol. The van der Waals surface area contributed by atoms with Gasteiger partial charge < -0.3 is 20.1 Å². The van der Waals surface area contributed by atoms with Crippen molar-refractivity contribution in [3.05, 3.63) is 0 Å². The van der Waals surface area contributed by atoms with Crippen LogP contribution in [0.15, 0.2) is 0 Å². The Labute approximate surface area is 79.0 Å². The molecule has 1 atom stereocenters. The van der Waals surface area contributed by atoms with Gasteiger partial charge in [0.25, 0.3) is 0 Å². The SMILES string of the molecule is CN1CCC2(CC1)OCC(CN)O2. The van der Waals surface area contributed by atoms with Gasteiger partial charge in [0.1, 0.15) is 0 Å². The lowest BCUT2D eigenvalue weighted by Gasteiger charge is -2.36. The molecule has 0 aromatic carbocycles. The zero-order valence-corrected chi connectivity index (χ0v) is 8.16. The molecule has 0 aromatic rings. The first kappa shape index (κ1) is 9.40. The maximum Gasteiger partial charge on any atom is 0.171 e. The first-order chi connectivity index (χ1) is 6.24. The lowest BCUT2D eigenvalue weighted by Crippen LogP contribution is -2.44. The first-order valence-corrected chi connectivity index (χ1v) is 4.94. The molecule has 1 spiro atoms. The van der Waals surface area contributed by atoms with Crippen molar-refractivity contribution in [3.8, 4) is 0 Å². The second-order valence-corrected chi connectivity index (χ2v) is 4.00. The minimum Gasteiger partial charge on any atom is -0.347 e. The Hall–Kier alpha value is -0.160. The summed E-state index contributed by atoms with van der Waals surface area (Å²) in [5.74, 6) is -0.295. The van der Waals surface area contributed by atoms with Gasteiger partial charge in [0, 0.05) is 32.5 Å². The van der Waals surface area contributed by atoms with E-state index in [2.05, 4.69) is 11.9 Å². The van der Waals surface area contributed by atoms with Crippen LogP contribution in [0, 0.1) is 0 Å². The molecule has 76 valence electrons. The number of rotatable bonds is 1. The Morgan fingerprint density at radius 2 is 2.15 bits per heavy atom. The highest BCUT2D eigenvalue weighted by atomic mass is 16.7. The fourth-order valence-corrected chi connectivity index (χ4v) is 1.95. The molecule has 2 N–H and O–H groups in total. The summed E-state index contributed by atoms with van der Waals surface area (Å²) in [4.78, 5) is 2.30. The van der Waals surface area contributed by atoms with Gasteiger partial charge in [0.2, 0.25) is 0 Å². The molecule has 2 aliphatic heterocycles. The number of hydrogen-bond donors (Lipinski definition) is 1. The van der Waals surface area contributed by atoms with Crippen molar-refractivity contribution in [2.75, 3.05) is 33.3 Å². The zero-order valence-electron chi connectivity index (χ0n) is 8.16. The van der Waals surface area contributed by atoms with Crippen LogP contribution in [-0.2, 0) is 9.47 Å². The predicted octanol–water partition coefficient (Wildman–Crippen LogP) is -0.218. The van der Waals surface area contributed by atoms with E-state index in [4.69, 9.17) is 15.2 Å². The molecule has 2 aliphatic rings. The molecule has 0 radical (unpaired) electrons. The van der Waals surface area contributed by atoms with Gasteiger partial charge in [-0.3, -0.25) is 0 Å². The van der Waals surface area contributed by atoms with Crippen LogP contribution in [0.1, 0.15) is 12.8 Å². The maximum atomic E-state index is 5.81. The normalized spacial score (nSPS) is 34.2. The number of nitrogens with two attached hydrogens (primary N) is 1. The Morgan fingerprint density at radius 1 is 1.46 bits per heavy atom. The lowest BCUT2D eigenvalue weighted by molar-refractivity contribution is -0.192. The van der Waals surface area contributed by atoms with Crippen LogP contribution in [0.25, 0.3) is 0 Å². The van der Waals surface area contributed by atoms with Crippen LogP contribution >= 0.6 is 0 Å². The molecule has 0 saturated carbocycles. The predicted molar refractivity (Wildman–Crippen MR) is 49.3 cm³/mol. The molecule has 2 rings (SSSR count). The van der Waals surface area contributed by atoms with Crippen LogP contribution in [0.2, 0.25) is 0 Å². The fourth-order valence-electron chi connectivity index (χ4n) is 1.95. The summed E-state index contributed by atoms with van der Waals surface area (Å²) < 4.78 is 11.5. The van der Waals surface area contributed by atoms with E-state index >= 15 is 0 Å². The summed E-state index contributed by atoms with van der Waals surface area (Å²) in [6.45, 7) is 3.34. The molecule has 2 fully saturated rings. The van der Waals surface area contributed by atoms with E-state index in [1.807, 2.05) is 0 Å². The van der Waals surface area contributed by atoms with Gasteiger partial charge >= 0.3 is 0 Å². The summed E-state index contributed by atoms with van der Waals surface area (Å²) in [6, 6.07) is 0. The summed E-state index contributed by atoms with van der Waals surface area (Å²) in [6.07, 6.45) is 2.06. The van der Waals surface area contributed by atoms with Gasteiger partial charge in [-0.1, -0.05) is 0 Å². The summed E-state index contributed by atoms with van der Waals surface area (Å²) in [7, 11) is 2.13. The monoisotopic (exact) mass is 186 g/mol. The van der Waals surface area contributed by atoms with Gasteiger partial charge in [-0.2, -0.15) is 0 Å². The smallest absolute Gasteiger partial charge is 0.171 e. The van der Waals surface area contributed by atoms with Crippen LogP contribution in [0.3, 0.4) is 0 Å². The van der Waals surface area contributed by atoms with E-state index in [9.17, 15) is 0 Å². The van der Waals surface area contributed by atoms with E-state index in [0.717, 1.165) is 25.9 Å². The average Bonchev–Trinajstić information content (AvgIpc) is 2.55. The van der Waals surface area contributed by atoms with Crippen LogP contribution in [-0.4, -0.2) is 50.1 Å². The van der Waals surface area contributed by atoms with Crippen molar-refractivity contribution in [3.63, 3.8) is 0 Å². The minimum absolute atomic E-state index is 0.114. The second kappa shape index (κ2) is 3.53. The molecule has 0 aromatic heterocycles. The zero-order chi connectivity index (χ0) is 9.31. The summed E-state index contributed by atoms with van der Waals surface area (Å²) >= 11 is 0. The van der Waals surface area contributed by atoms with E-state index in [1.54, 1.807) is 0 Å². The molecule has 2 saturated heterocycles. The second-order valence-electron chi connectivity index (χ2n) is 4.00. The van der Waals surface area contributed by atoms with Gasteiger partial charge in [-0.05, 0) is 7.05 Å². The first-order valence-electron chi connectivity index (χ1n) is 4.94. The molecular formula is C9H18N2O2. The van der Waals surface area contributed by atoms with E-state index in [1.165, 1.54) is 0 Å². The van der Waals surface area contributed by atoms with Crippen LogP contribution in [0.4, 0.5) is 0 Å². The number of piperidine rings is 1. The quantitative estimate of drug-likeness (QED) is 0.615. The maximum absolute atomic E-state index is 5.81. The Morgan fingerprint density at radius 3 is 2.69 bits per heavy atom. The molecule has 0 aliphatic carbocycles. The van der Waals surface area contributed by atoms with Gasteiger partial charge in [0.05, 0.1) is 12.7 Å². The topological polar surface area (TPSA) is 47.7 Å². The summed E-state index contributed by atoms with van der Waals surface area (Å²) in [5, 5.41) is 0. The standard InChI is InChI=1S/C9H18N2O2/c1-11-4-2-9(3-5-11)12-7-8(6-10)13-9/h8H,2-7,10H2,1H3. The number of ether oxygens (including phenoxy) is 2. The van der Waals surface area contributed by atoms with Crippen molar-refractivity contribution in [1.82, 2.24) is 4.90 Å². The van der Waals surface area contributed by atoms with Crippen LogP contribution in [0.5, 0.6) is 0 Å². The molecule has 0 bridgehead atoms. The summed E-state index contributed by atoms with van der Waals surface area (Å²) in [5.41, 5.74) is 5.54. The van der Waals surface area contributed by atoms with Crippen LogP contribution < -0.4 is 5.73 Å². The van der Waals surface area contributed by atoms with Crippen molar-refractivity contribution in [2.45, 2.75) is 24.7 Å². The van der Waals surface area contributed by atoms with E-state index in [0.29, 0.717) is 13.2 Å². The van der Waals surface area contributed by atoms with Gasteiger partial charge in [0.15, 0.2) is 5.79 Å². The third-order valence-corrected chi connectivity index (χ3v) is 2.93. The number of likely N-dealkylation sites (tertiary alicyclic amines) is 1. The van der Waals surface area contributed by atoms with Crippen molar-refractivity contribution in [1.29, 1.82) is 0 Å². The molecule has 13 heavy (non-hydrogen) atoms. The molecule has 2 heterocycles. The Kier molecular flexibility index (Phi) is 2.55. The Balaban J connectivity index is 1.92. The number of hydrogen-bond acceptors (Lipinski definition) is 4. The van der Waals surface area contributed by atoms with E-state index in [-0.39, 0.29) is 11.9 Å². The van der Waals surface area contributed by atoms with Crippen molar-refractivity contribution >= 4 is 0 Å². The van der Waals surface area contributed by atoms with Crippen molar-refractivity contribution in [2.24, 2.45) is 5.73 Å². The highest BCUT2D eigenvalue weighted by Crippen LogP contribution is 2.33.